The predicted octanol–water partition coefficient (Wildman–Crippen LogP) is 5.29. The Bertz CT molecular complexity index is 1470. The molecule has 1 aliphatic heterocycles. The lowest BCUT2D eigenvalue weighted by Gasteiger charge is -2.16. The van der Waals surface area contributed by atoms with Crippen LogP contribution in [-0.4, -0.2) is 34.9 Å². The highest BCUT2D eigenvalue weighted by molar-refractivity contribution is 5.95. The molecule has 8 nitrogen and oxygen atoms in total. The highest BCUT2D eigenvalue weighted by Gasteiger charge is 2.18. The first-order chi connectivity index (χ1) is 18.5. The first-order valence-corrected chi connectivity index (χ1v) is 12.7. The number of nitrogens with zero attached hydrogens (tertiary/aromatic N) is 2. The Morgan fingerprint density at radius 1 is 1.05 bits per heavy atom. The van der Waals surface area contributed by atoms with Gasteiger partial charge in [0.15, 0.2) is 11.4 Å². The number of aromatic nitrogens is 2. The van der Waals surface area contributed by atoms with E-state index in [0.29, 0.717) is 29.2 Å². The van der Waals surface area contributed by atoms with Crippen molar-refractivity contribution in [3.05, 3.63) is 106 Å². The molecule has 1 atom stereocenters. The Morgan fingerprint density at radius 3 is 2.58 bits per heavy atom. The summed E-state index contributed by atoms with van der Waals surface area (Å²) in [6.45, 7) is 5.18. The fourth-order valence-corrected chi connectivity index (χ4v) is 4.50. The van der Waals surface area contributed by atoms with Crippen LogP contribution in [0.5, 0.6) is 11.5 Å². The van der Waals surface area contributed by atoms with Crippen LogP contribution in [0.25, 0.3) is 5.69 Å². The number of benzene rings is 3. The number of carbonyl (C=O) groups is 1. The largest absolute Gasteiger partial charge is 0.453 e. The lowest BCUT2D eigenvalue weighted by atomic mass is 10.1. The lowest BCUT2D eigenvalue weighted by molar-refractivity contribution is 0.0858. The lowest BCUT2D eigenvalue weighted by Crippen LogP contribution is -2.31. The summed E-state index contributed by atoms with van der Waals surface area (Å²) >= 11 is 0. The van der Waals surface area contributed by atoms with Gasteiger partial charge in [-0.15, -0.1) is 0 Å². The fourth-order valence-electron chi connectivity index (χ4n) is 4.50. The Kier molecular flexibility index (Phi) is 7.51. The van der Waals surface area contributed by atoms with Crippen molar-refractivity contribution in [2.24, 2.45) is 0 Å². The second-order valence-electron chi connectivity index (χ2n) is 9.41. The van der Waals surface area contributed by atoms with E-state index in [4.69, 9.17) is 9.47 Å². The zero-order valence-corrected chi connectivity index (χ0v) is 21.4. The van der Waals surface area contributed by atoms with E-state index in [9.17, 15) is 9.59 Å². The summed E-state index contributed by atoms with van der Waals surface area (Å²) in [6.07, 6.45) is 3.53. The van der Waals surface area contributed by atoms with Crippen molar-refractivity contribution in [3.63, 3.8) is 0 Å². The molecule has 1 aromatic heterocycles. The van der Waals surface area contributed by atoms with Crippen LogP contribution >= 0.6 is 0 Å². The summed E-state index contributed by atoms with van der Waals surface area (Å²) in [6, 6.07) is 22.0. The number of hydrogen-bond acceptors (Lipinski definition) is 6. The van der Waals surface area contributed by atoms with E-state index in [1.807, 2.05) is 62.4 Å². The molecule has 0 bridgehead atoms. The molecule has 8 heteroatoms. The van der Waals surface area contributed by atoms with Gasteiger partial charge in [-0.1, -0.05) is 30.3 Å². The maximum absolute atomic E-state index is 13.7. The number of rotatable bonds is 8. The van der Waals surface area contributed by atoms with Crippen molar-refractivity contribution in [2.45, 2.75) is 32.8 Å². The molecule has 194 valence electrons. The summed E-state index contributed by atoms with van der Waals surface area (Å²) in [5.74, 6) is 0.680. The quantitative estimate of drug-likeness (QED) is 0.334. The van der Waals surface area contributed by atoms with E-state index < -0.39 is 0 Å². The third-order valence-electron chi connectivity index (χ3n) is 6.28. The van der Waals surface area contributed by atoms with Gasteiger partial charge in [0.1, 0.15) is 5.75 Å². The minimum Gasteiger partial charge on any atom is -0.453 e. The average Bonchev–Trinajstić information content (AvgIpc) is 3.43. The summed E-state index contributed by atoms with van der Waals surface area (Å²) in [5, 5.41) is 10.5. The molecule has 1 saturated heterocycles. The predicted molar refractivity (Wildman–Crippen MR) is 147 cm³/mol. The number of nitrogens with one attached hydrogen (secondary N) is 2. The van der Waals surface area contributed by atoms with Gasteiger partial charge in [0.05, 0.1) is 18.0 Å². The summed E-state index contributed by atoms with van der Waals surface area (Å²) < 4.78 is 13.1. The minimum absolute atomic E-state index is 0.0542. The Labute approximate surface area is 221 Å². The van der Waals surface area contributed by atoms with Crippen molar-refractivity contribution in [3.8, 4) is 17.2 Å². The molecule has 38 heavy (non-hydrogen) atoms. The maximum Gasteiger partial charge on any atom is 0.299 e. The zero-order chi connectivity index (χ0) is 26.5. The number of ether oxygens (including phenoxy) is 2. The summed E-state index contributed by atoms with van der Waals surface area (Å²) in [4.78, 5) is 26.4. The topological polar surface area (TPSA) is 94.5 Å². The average molecular weight is 511 g/mol. The van der Waals surface area contributed by atoms with Gasteiger partial charge in [0.25, 0.3) is 11.5 Å². The third-order valence-corrected chi connectivity index (χ3v) is 6.28. The van der Waals surface area contributed by atoms with Crippen molar-refractivity contribution in [1.29, 1.82) is 0 Å². The first kappa shape index (κ1) is 25.2. The smallest absolute Gasteiger partial charge is 0.299 e. The van der Waals surface area contributed by atoms with Gasteiger partial charge >= 0.3 is 0 Å². The molecule has 0 radical (unpaired) electrons. The van der Waals surface area contributed by atoms with Gasteiger partial charge < -0.3 is 20.1 Å². The number of anilines is 2. The van der Waals surface area contributed by atoms with Gasteiger partial charge in [-0.05, 0) is 80.3 Å². The molecule has 0 unspecified atom stereocenters. The monoisotopic (exact) mass is 510 g/mol. The molecule has 5 rings (SSSR count). The van der Waals surface area contributed by atoms with Crippen molar-refractivity contribution in [2.75, 3.05) is 18.5 Å². The van der Waals surface area contributed by atoms with Crippen molar-refractivity contribution in [1.82, 2.24) is 15.1 Å². The molecule has 4 aromatic rings. The molecule has 2 N–H and O–H groups in total. The molecule has 0 spiro atoms. The Morgan fingerprint density at radius 2 is 1.84 bits per heavy atom. The second-order valence-corrected chi connectivity index (χ2v) is 9.41. The van der Waals surface area contributed by atoms with Crippen LogP contribution < -0.4 is 20.9 Å². The van der Waals surface area contributed by atoms with Crippen LogP contribution in [-0.2, 0) is 4.74 Å². The molecule has 1 fully saturated rings. The van der Waals surface area contributed by atoms with E-state index in [1.54, 1.807) is 24.3 Å². The Hall–Kier alpha value is -4.43. The van der Waals surface area contributed by atoms with Crippen LogP contribution in [0.1, 0.15) is 34.3 Å². The van der Waals surface area contributed by atoms with Crippen LogP contribution in [0.4, 0.5) is 11.4 Å². The summed E-state index contributed by atoms with van der Waals surface area (Å²) in [7, 11) is 0. The van der Waals surface area contributed by atoms with E-state index >= 15 is 0 Å². The van der Waals surface area contributed by atoms with Crippen LogP contribution in [0, 0.1) is 13.8 Å². The van der Waals surface area contributed by atoms with Crippen LogP contribution in [0.2, 0.25) is 0 Å². The van der Waals surface area contributed by atoms with Crippen LogP contribution in [0.15, 0.2) is 83.8 Å². The van der Waals surface area contributed by atoms with Gasteiger partial charge in [-0.25, -0.2) is 0 Å². The van der Waals surface area contributed by atoms with E-state index in [1.165, 1.54) is 10.9 Å². The third kappa shape index (κ3) is 5.92. The van der Waals surface area contributed by atoms with E-state index in [-0.39, 0.29) is 29.0 Å². The summed E-state index contributed by atoms with van der Waals surface area (Å²) in [5.41, 5.74) is 3.58. The molecule has 2 heterocycles. The maximum atomic E-state index is 13.7. The van der Waals surface area contributed by atoms with Crippen LogP contribution in [0.3, 0.4) is 0 Å². The number of carbonyl (C=O) groups excluding carboxylic acids is 1. The molecule has 1 amide bonds. The zero-order valence-electron chi connectivity index (χ0n) is 21.4. The highest BCUT2D eigenvalue weighted by Crippen LogP contribution is 2.30. The molecule has 0 aliphatic carbocycles. The van der Waals surface area contributed by atoms with E-state index in [2.05, 4.69) is 15.7 Å². The molecular weight excluding hydrogens is 480 g/mol. The van der Waals surface area contributed by atoms with E-state index in [0.717, 1.165) is 30.6 Å². The SMILES string of the molecule is Cc1cc(C)cc(Oc2cnn(-c3ccccc3)c(=O)c2Nc2cccc(C(=O)NC[C@H]3CCCO3)c2)c1. The van der Waals surface area contributed by atoms with Gasteiger partial charge in [0.2, 0.25) is 0 Å². The standard InChI is InChI=1S/C30H30N4O4/c1-20-14-21(2)16-26(15-20)38-27-19-32-34(24-10-4-3-5-11-24)30(36)28(27)33-23-9-6-8-22(17-23)29(35)31-18-25-12-7-13-37-25/h3-6,8-11,14-17,19,25,33H,7,12-13,18H2,1-2H3,(H,31,35)/t25-/m1/s1. The first-order valence-electron chi connectivity index (χ1n) is 12.7. The normalized spacial score (nSPS) is 14.7. The molecule has 3 aromatic carbocycles. The second kappa shape index (κ2) is 11.3. The number of hydrogen-bond donors (Lipinski definition) is 2. The van der Waals surface area contributed by atoms with Crippen molar-refractivity contribution < 1.29 is 14.3 Å². The highest BCUT2D eigenvalue weighted by atomic mass is 16.5. The number of amides is 1. The molecule has 1 aliphatic rings. The van der Waals surface area contributed by atoms with Crippen molar-refractivity contribution >= 4 is 17.3 Å². The fraction of sp³-hybridized carbons (Fsp3) is 0.233. The molecule has 0 saturated carbocycles. The van der Waals surface area contributed by atoms with Gasteiger partial charge in [0, 0.05) is 24.4 Å². The number of aryl methyl sites for hydroxylation is 2. The molecular formula is C30H30N4O4. The Balaban J connectivity index is 1.46. The van der Waals surface area contributed by atoms with Gasteiger partial charge in [-0.3, -0.25) is 9.59 Å². The van der Waals surface area contributed by atoms with Gasteiger partial charge in [-0.2, -0.15) is 9.78 Å². The minimum atomic E-state index is -0.383. The number of para-hydroxylation sites is 1.